The zero-order valence-corrected chi connectivity index (χ0v) is 17.4. The Kier molecular flexibility index (Phi) is 5.74. The highest BCUT2D eigenvalue weighted by Crippen LogP contribution is 2.31. The molecule has 4 nitrogen and oxygen atoms in total. The van der Waals surface area contributed by atoms with E-state index in [1.807, 2.05) is 24.3 Å². The number of fused-ring (bicyclic) bond motifs is 1. The second-order valence-corrected chi connectivity index (χ2v) is 8.85. The van der Waals surface area contributed by atoms with E-state index in [1.54, 1.807) is 11.3 Å². The predicted octanol–water partition coefficient (Wildman–Crippen LogP) is 5.47. The molecule has 146 valence electrons. The van der Waals surface area contributed by atoms with Crippen molar-refractivity contribution in [3.05, 3.63) is 48.0 Å². The number of hydrogen-bond donors (Lipinski definition) is 1. The lowest BCUT2D eigenvalue weighted by Gasteiger charge is -2.30. The minimum atomic E-state index is 0.0521. The van der Waals surface area contributed by atoms with Gasteiger partial charge in [-0.1, -0.05) is 25.3 Å². The Hall–Kier alpha value is -2.24. The number of carbonyl (C=O) groups is 1. The van der Waals surface area contributed by atoms with Gasteiger partial charge in [-0.15, -0.1) is 11.3 Å². The van der Waals surface area contributed by atoms with Crippen molar-refractivity contribution in [3.63, 3.8) is 0 Å². The highest BCUT2D eigenvalue weighted by atomic mass is 32.1. The van der Waals surface area contributed by atoms with Crippen molar-refractivity contribution in [2.75, 3.05) is 18.9 Å². The molecule has 3 aromatic rings. The Morgan fingerprint density at radius 2 is 1.89 bits per heavy atom. The van der Waals surface area contributed by atoms with E-state index in [0.717, 1.165) is 21.8 Å². The van der Waals surface area contributed by atoms with E-state index in [2.05, 4.69) is 42.4 Å². The Labute approximate surface area is 170 Å². The zero-order valence-electron chi connectivity index (χ0n) is 16.6. The fourth-order valence-electron chi connectivity index (χ4n) is 3.93. The largest absolute Gasteiger partial charge is 0.325 e. The Balaban J connectivity index is 1.39. The van der Waals surface area contributed by atoms with Gasteiger partial charge in [-0.05, 0) is 68.8 Å². The van der Waals surface area contributed by atoms with Gasteiger partial charge in [-0.2, -0.15) is 0 Å². The first-order chi connectivity index (χ1) is 13.6. The van der Waals surface area contributed by atoms with Gasteiger partial charge >= 0.3 is 0 Å². The maximum Gasteiger partial charge on any atom is 0.238 e. The lowest BCUT2D eigenvalue weighted by molar-refractivity contribution is -0.117. The van der Waals surface area contributed by atoms with Crippen molar-refractivity contribution >= 4 is 33.1 Å². The van der Waals surface area contributed by atoms with Crippen LogP contribution in [0.3, 0.4) is 0 Å². The van der Waals surface area contributed by atoms with Crippen LogP contribution in [-0.4, -0.2) is 35.4 Å². The number of thiazole rings is 1. The average Bonchev–Trinajstić information content (AvgIpc) is 3.12. The molecule has 28 heavy (non-hydrogen) atoms. The van der Waals surface area contributed by atoms with Crippen molar-refractivity contribution in [1.29, 1.82) is 0 Å². The minimum Gasteiger partial charge on any atom is -0.325 e. The molecular weight excluding hydrogens is 366 g/mol. The molecule has 1 saturated carbocycles. The molecule has 1 aromatic heterocycles. The summed E-state index contributed by atoms with van der Waals surface area (Å²) in [6.07, 6.45) is 6.31. The number of anilines is 1. The van der Waals surface area contributed by atoms with Gasteiger partial charge in [0.05, 0.1) is 16.8 Å². The summed E-state index contributed by atoms with van der Waals surface area (Å²) < 4.78 is 1.21. The Bertz CT molecular complexity index is 958. The first-order valence-corrected chi connectivity index (χ1v) is 10.9. The fourth-order valence-corrected chi connectivity index (χ4v) is 5.00. The van der Waals surface area contributed by atoms with Crippen molar-refractivity contribution < 1.29 is 4.79 Å². The summed E-state index contributed by atoms with van der Waals surface area (Å²) in [6.45, 7) is 2.55. The van der Waals surface area contributed by atoms with Crippen molar-refractivity contribution in [3.8, 4) is 10.6 Å². The predicted molar refractivity (Wildman–Crippen MR) is 118 cm³/mol. The van der Waals surface area contributed by atoms with Crippen molar-refractivity contribution in [1.82, 2.24) is 9.88 Å². The number of nitrogens with zero attached hydrogens (tertiary/aromatic N) is 2. The smallest absolute Gasteiger partial charge is 0.238 e. The van der Waals surface area contributed by atoms with Crippen LogP contribution in [-0.2, 0) is 4.79 Å². The molecule has 1 fully saturated rings. The molecule has 1 aliphatic rings. The van der Waals surface area contributed by atoms with Gasteiger partial charge in [0.1, 0.15) is 5.01 Å². The summed E-state index contributed by atoms with van der Waals surface area (Å²) >= 11 is 1.70. The SMILES string of the molecule is Cc1ccc2nc(-c3ccc(NC(=O)CN(C)C4CCCCC4)cc3)sc2c1. The van der Waals surface area contributed by atoms with Crippen LogP contribution in [0, 0.1) is 6.92 Å². The first-order valence-electron chi connectivity index (χ1n) is 10.1. The molecule has 4 rings (SSSR count). The third-order valence-electron chi connectivity index (χ3n) is 5.55. The molecule has 0 spiro atoms. The maximum atomic E-state index is 12.4. The van der Waals surface area contributed by atoms with E-state index in [9.17, 15) is 4.79 Å². The number of amides is 1. The molecule has 5 heteroatoms. The van der Waals surface area contributed by atoms with Gasteiger partial charge in [0.15, 0.2) is 0 Å². The molecule has 0 unspecified atom stereocenters. The monoisotopic (exact) mass is 393 g/mol. The fraction of sp³-hybridized carbons (Fsp3) is 0.391. The Morgan fingerprint density at radius 1 is 1.14 bits per heavy atom. The molecule has 2 aromatic carbocycles. The third-order valence-corrected chi connectivity index (χ3v) is 6.62. The highest BCUT2D eigenvalue weighted by Gasteiger charge is 2.19. The van der Waals surface area contributed by atoms with Gasteiger partial charge < -0.3 is 5.32 Å². The second-order valence-electron chi connectivity index (χ2n) is 7.82. The van der Waals surface area contributed by atoms with E-state index in [-0.39, 0.29) is 5.91 Å². The van der Waals surface area contributed by atoms with E-state index in [1.165, 1.54) is 42.4 Å². The summed E-state index contributed by atoms with van der Waals surface area (Å²) in [5.41, 5.74) is 4.20. The normalized spacial score (nSPS) is 15.2. The lowest BCUT2D eigenvalue weighted by atomic mass is 9.94. The lowest BCUT2D eigenvalue weighted by Crippen LogP contribution is -2.39. The molecule has 1 heterocycles. The van der Waals surface area contributed by atoms with Crippen molar-refractivity contribution in [2.24, 2.45) is 0 Å². The van der Waals surface area contributed by atoms with E-state index in [0.29, 0.717) is 12.6 Å². The molecule has 1 N–H and O–H groups in total. The maximum absolute atomic E-state index is 12.4. The zero-order chi connectivity index (χ0) is 19.5. The van der Waals surface area contributed by atoms with Gasteiger partial charge in [-0.25, -0.2) is 4.98 Å². The molecule has 0 bridgehead atoms. The number of aryl methyl sites for hydroxylation is 1. The number of nitrogens with one attached hydrogen (secondary N) is 1. The average molecular weight is 394 g/mol. The van der Waals surface area contributed by atoms with Crippen LogP contribution in [0.5, 0.6) is 0 Å². The van der Waals surface area contributed by atoms with E-state index < -0.39 is 0 Å². The van der Waals surface area contributed by atoms with Crippen LogP contribution in [0.25, 0.3) is 20.8 Å². The number of benzene rings is 2. The summed E-state index contributed by atoms with van der Waals surface area (Å²) in [6, 6.07) is 14.9. The molecular formula is C23H27N3OS. The van der Waals surface area contributed by atoms with Crippen LogP contribution < -0.4 is 5.32 Å². The van der Waals surface area contributed by atoms with Crippen LogP contribution >= 0.6 is 11.3 Å². The van der Waals surface area contributed by atoms with Gasteiger partial charge in [0, 0.05) is 17.3 Å². The van der Waals surface area contributed by atoms with Crippen molar-refractivity contribution in [2.45, 2.75) is 45.1 Å². The number of rotatable bonds is 5. The quantitative estimate of drug-likeness (QED) is 0.625. The van der Waals surface area contributed by atoms with Crippen LogP contribution in [0.1, 0.15) is 37.7 Å². The van der Waals surface area contributed by atoms with E-state index in [4.69, 9.17) is 4.98 Å². The molecule has 0 radical (unpaired) electrons. The number of likely N-dealkylation sites (N-methyl/N-ethyl adjacent to an activating group) is 1. The summed E-state index contributed by atoms with van der Waals surface area (Å²) in [4.78, 5) is 19.3. The highest BCUT2D eigenvalue weighted by molar-refractivity contribution is 7.21. The Morgan fingerprint density at radius 3 is 2.64 bits per heavy atom. The molecule has 0 saturated heterocycles. The molecule has 0 atom stereocenters. The summed E-state index contributed by atoms with van der Waals surface area (Å²) in [5.74, 6) is 0.0521. The number of hydrogen-bond acceptors (Lipinski definition) is 4. The van der Waals surface area contributed by atoms with Gasteiger partial charge in [0.25, 0.3) is 0 Å². The number of aromatic nitrogens is 1. The van der Waals surface area contributed by atoms with Crippen LogP contribution in [0.2, 0.25) is 0 Å². The molecule has 1 amide bonds. The van der Waals surface area contributed by atoms with Gasteiger partial charge in [-0.3, -0.25) is 9.69 Å². The van der Waals surface area contributed by atoms with Crippen LogP contribution in [0.4, 0.5) is 5.69 Å². The minimum absolute atomic E-state index is 0.0521. The standard InChI is InChI=1S/C23H27N3OS/c1-16-8-13-20-21(14-16)28-23(25-20)17-9-11-18(12-10-17)24-22(27)15-26(2)19-6-4-3-5-7-19/h8-14,19H,3-7,15H2,1-2H3,(H,24,27). The second kappa shape index (κ2) is 8.41. The van der Waals surface area contributed by atoms with Crippen LogP contribution in [0.15, 0.2) is 42.5 Å². The third kappa shape index (κ3) is 4.42. The molecule has 1 aliphatic carbocycles. The van der Waals surface area contributed by atoms with E-state index >= 15 is 0 Å². The summed E-state index contributed by atoms with van der Waals surface area (Å²) in [7, 11) is 2.06. The van der Waals surface area contributed by atoms with Gasteiger partial charge in [0.2, 0.25) is 5.91 Å². The molecule has 0 aliphatic heterocycles. The first kappa shape index (κ1) is 19.1. The topological polar surface area (TPSA) is 45.2 Å². The summed E-state index contributed by atoms with van der Waals surface area (Å²) in [5, 5.41) is 4.04. The number of carbonyl (C=O) groups excluding carboxylic acids is 1.